The molecule has 0 amide bonds. The van der Waals surface area contributed by atoms with Crippen molar-refractivity contribution in [2.75, 3.05) is 13.2 Å². The summed E-state index contributed by atoms with van der Waals surface area (Å²) in [5, 5.41) is 17.7. The molecule has 10 fully saturated rings. The normalized spacial score (nSPS) is 43.9. The first-order chi connectivity index (χ1) is 30.5. The Morgan fingerprint density at radius 3 is 1.43 bits per heavy atom. The van der Waals surface area contributed by atoms with Crippen LogP contribution < -0.4 is 0 Å². The predicted molar refractivity (Wildman–Crippen MR) is 225 cm³/mol. The van der Waals surface area contributed by atoms with Crippen LogP contribution in [0.15, 0.2) is 12.4 Å². The van der Waals surface area contributed by atoms with Gasteiger partial charge in [-0.15, -0.1) is 10.2 Å². The van der Waals surface area contributed by atoms with Crippen molar-refractivity contribution in [1.29, 1.82) is 0 Å². The molecule has 12 rings (SSSR count). The van der Waals surface area contributed by atoms with Crippen LogP contribution in [-0.2, 0) is 73.9 Å². The van der Waals surface area contributed by atoms with Crippen LogP contribution in [0.25, 0.3) is 0 Å². The fourth-order valence-electron chi connectivity index (χ4n) is 13.2. The van der Waals surface area contributed by atoms with Gasteiger partial charge in [-0.25, -0.2) is 19.6 Å². The Bertz CT molecular complexity index is 1720. The number of hydrogen-bond acceptors (Lipinski definition) is 14. The van der Waals surface area contributed by atoms with Gasteiger partial charge >= 0.3 is 0 Å². The maximum atomic E-state index is 6.58. The first-order valence-corrected chi connectivity index (χ1v) is 24.9. The van der Waals surface area contributed by atoms with Crippen LogP contribution in [0.1, 0.15) is 149 Å². The third-order valence-electron chi connectivity index (χ3n) is 16.9. The molecule has 0 unspecified atom stereocenters. The van der Waals surface area contributed by atoms with E-state index >= 15 is 0 Å². The molecule has 63 heavy (non-hydrogen) atoms. The Balaban J connectivity index is 0.583. The van der Waals surface area contributed by atoms with Crippen LogP contribution >= 0.6 is 0 Å². The second kappa shape index (κ2) is 18.2. The zero-order chi connectivity index (χ0) is 43.4. The minimum absolute atomic E-state index is 0.162. The summed E-state index contributed by atoms with van der Waals surface area (Å²) in [5.74, 6) is 1.06. The average Bonchev–Trinajstić information content (AvgIpc) is 3.78. The van der Waals surface area contributed by atoms with E-state index in [0.717, 1.165) is 75.8 Å². The standard InChI is InChI=1S/C47H74N6O10/c1-30-14-16-38-32(3)40(56-42-46(38)36(30)18-22-44(5,58-42)60-62-46)54-26-20-34-28-52(50-48-34)24-12-10-8-7-9-11-13-25-53-29-35(49-51-53)21-27-55-41-33(4)39-17-15-31(2)37-19-23-45(6)59-43(57-41)47(37,39)63-61-45/h28-33,36-43H,7-27H2,1-6H3/t30-,31-,32-,33-,36+,37+,38+,39+,40-,41-,42-,43-,44-,45-,46-,47-/m1/s1. The largest absolute Gasteiger partial charge is 0.352 e. The lowest BCUT2D eigenvalue weighted by Crippen LogP contribution is -2.70. The molecule has 2 spiro atoms. The molecule has 352 valence electrons. The molecule has 0 aromatic carbocycles. The van der Waals surface area contributed by atoms with Crippen LogP contribution in [0, 0.1) is 47.3 Å². The van der Waals surface area contributed by atoms with Crippen molar-refractivity contribution < 1.29 is 48.0 Å². The van der Waals surface area contributed by atoms with E-state index in [9.17, 15) is 0 Å². The van der Waals surface area contributed by atoms with Crippen molar-refractivity contribution in [2.45, 2.75) is 212 Å². The molecule has 8 saturated heterocycles. The fourth-order valence-corrected chi connectivity index (χ4v) is 13.2. The molecule has 2 aromatic rings. The Kier molecular flexibility index (Phi) is 12.9. The third kappa shape index (κ3) is 8.47. The summed E-state index contributed by atoms with van der Waals surface area (Å²) in [4.78, 5) is 24.4. The number of ether oxygens (including phenoxy) is 6. The second-order valence-corrected chi connectivity index (χ2v) is 21.2. The summed E-state index contributed by atoms with van der Waals surface area (Å²) in [6.45, 7) is 15.9. The summed E-state index contributed by atoms with van der Waals surface area (Å²) < 4.78 is 42.9. The fraction of sp³-hybridized carbons (Fsp3) is 0.915. The van der Waals surface area contributed by atoms with Gasteiger partial charge in [-0.1, -0.05) is 70.2 Å². The van der Waals surface area contributed by atoms with Gasteiger partial charge in [0.15, 0.2) is 36.4 Å². The van der Waals surface area contributed by atoms with Crippen molar-refractivity contribution in [1.82, 2.24) is 30.0 Å². The summed E-state index contributed by atoms with van der Waals surface area (Å²) in [5.41, 5.74) is 0.756. The lowest BCUT2D eigenvalue weighted by atomic mass is 9.58. The molecule has 4 bridgehead atoms. The number of unbranched alkanes of at least 4 members (excludes halogenated alkanes) is 6. The maximum absolute atomic E-state index is 6.58. The van der Waals surface area contributed by atoms with E-state index < -0.39 is 35.4 Å². The van der Waals surface area contributed by atoms with Crippen LogP contribution in [0.5, 0.6) is 0 Å². The summed E-state index contributed by atoms with van der Waals surface area (Å²) in [7, 11) is 0. The smallest absolute Gasteiger partial charge is 0.201 e. The Labute approximate surface area is 373 Å². The molecular weight excluding hydrogens is 809 g/mol. The highest BCUT2D eigenvalue weighted by Gasteiger charge is 2.71. The molecule has 2 aliphatic carbocycles. The van der Waals surface area contributed by atoms with Gasteiger partial charge in [0.05, 0.1) is 24.6 Å². The van der Waals surface area contributed by atoms with E-state index in [1.807, 2.05) is 23.2 Å². The molecule has 0 radical (unpaired) electrons. The predicted octanol–water partition coefficient (Wildman–Crippen LogP) is 7.83. The van der Waals surface area contributed by atoms with Gasteiger partial charge in [-0.05, 0) is 88.9 Å². The maximum Gasteiger partial charge on any atom is 0.201 e. The van der Waals surface area contributed by atoms with Gasteiger partial charge in [-0.2, -0.15) is 0 Å². The summed E-state index contributed by atoms with van der Waals surface area (Å²) in [6.07, 6.45) is 20.2. The highest BCUT2D eigenvalue weighted by molar-refractivity contribution is 5.11. The van der Waals surface area contributed by atoms with Gasteiger partial charge < -0.3 is 28.4 Å². The van der Waals surface area contributed by atoms with E-state index in [1.165, 1.54) is 44.9 Å². The highest BCUT2D eigenvalue weighted by atomic mass is 17.3. The number of rotatable bonds is 18. The number of hydrogen-bond donors (Lipinski definition) is 0. The zero-order valence-corrected chi connectivity index (χ0v) is 38.7. The molecule has 8 aliphatic heterocycles. The zero-order valence-electron chi connectivity index (χ0n) is 38.7. The minimum atomic E-state index is -0.781. The van der Waals surface area contributed by atoms with Crippen molar-refractivity contribution >= 4 is 0 Å². The Morgan fingerprint density at radius 2 is 0.984 bits per heavy atom. The van der Waals surface area contributed by atoms with E-state index in [-0.39, 0.29) is 36.3 Å². The van der Waals surface area contributed by atoms with Gasteiger partial charge in [0, 0.05) is 74.8 Å². The molecule has 16 atom stereocenters. The first-order valence-electron chi connectivity index (χ1n) is 24.9. The molecule has 10 aliphatic rings. The topological polar surface area (TPSA) is 154 Å². The average molecular weight is 883 g/mol. The molecule has 2 aromatic heterocycles. The van der Waals surface area contributed by atoms with Crippen molar-refractivity contribution in [3.05, 3.63) is 23.8 Å². The monoisotopic (exact) mass is 883 g/mol. The Morgan fingerprint density at radius 1 is 0.556 bits per heavy atom. The van der Waals surface area contributed by atoms with Gasteiger partial charge in [0.2, 0.25) is 11.6 Å². The van der Waals surface area contributed by atoms with E-state index in [4.69, 9.17) is 48.0 Å². The van der Waals surface area contributed by atoms with Crippen LogP contribution in [0.3, 0.4) is 0 Å². The van der Waals surface area contributed by atoms with Crippen molar-refractivity contribution in [2.24, 2.45) is 47.3 Å². The number of aromatic nitrogens is 6. The van der Waals surface area contributed by atoms with Crippen molar-refractivity contribution in [3.8, 4) is 0 Å². The van der Waals surface area contributed by atoms with Gasteiger partial charge in [0.25, 0.3) is 0 Å². The van der Waals surface area contributed by atoms with Crippen LogP contribution in [0.4, 0.5) is 0 Å². The van der Waals surface area contributed by atoms with Crippen molar-refractivity contribution in [3.63, 3.8) is 0 Å². The lowest BCUT2D eigenvalue weighted by Gasteiger charge is -2.60. The van der Waals surface area contributed by atoms with Crippen LogP contribution in [-0.4, -0.2) is 91.1 Å². The summed E-state index contributed by atoms with van der Waals surface area (Å²) in [6, 6.07) is 0. The SMILES string of the molecule is C[C@H]1[C@H](OCCc2cn(CCCCCCCCCn3cc(CCO[C@@H]4O[C@@H]5O[C@@]6(C)CC[C@H]7[C@H](C)CC[C@@H]([C@H]4C)[C@@]57OO6)nn3)nn2)O[C@@H]2O[C@@]3(C)CC[C@H]4[C@H](C)CC[C@@H]1[C@@]24OO3. The molecule has 16 heteroatoms. The number of nitrogens with zero attached hydrogens (tertiary/aromatic N) is 6. The molecular formula is C47H74N6O10. The molecule has 10 heterocycles. The van der Waals surface area contributed by atoms with E-state index in [2.05, 4.69) is 60.7 Å². The lowest BCUT2D eigenvalue weighted by molar-refractivity contribution is -0.577. The van der Waals surface area contributed by atoms with E-state index in [0.29, 0.717) is 49.7 Å². The number of fused-ring (bicyclic) bond motifs is 4. The van der Waals surface area contributed by atoms with E-state index in [1.54, 1.807) is 0 Å². The molecule has 2 saturated carbocycles. The second-order valence-electron chi connectivity index (χ2n) is 21.2. The van der Waals surface area contributed by atoms with Gasteiger partial charge in [-0.3, -0.25) is 9.36 Å². The molecule has 16 nitrogen and oxygen atoms in total. The highest BCUT2D eigenvalue weighted by Crippen LogP contribution is 2.62. The summed E-state index contributed by atoms with van der Waals surface area (Å²) >= 11 is 0. The Hall–Kier alpha value is -2.12. The first kappa shape index (κ1) is 44.7. The molecule has 0 N–H and O–H groups in total. The third-order valence-corrected chi connectivity index (χ3v) is 16.9. The quantitative estimate of drug-likeness (QED) is 0.106. The minimum Gasteiger partial charge on any atom is -0.352 e. The van der Waals surface area contributed by atoms with Crippen LogP contribution in [0.2, 0.25) is 0 Å². The number of aryl methyl sites for hydroxylation is 2. The van der Waals surface area contributed by atoms with Gasteiger partial charge in [0.1, 0.15) is 0 Å².